The minimum atomic E-state index is -4.44. The van der Waals surface area contributed by atoms with Crippen LogP contribution in [0.25, 0.3) is 0 Å². The standard InChI is InChI=1S/C16H16F3NO2/c17-16(18,19)15-7-2-1-6-14(15)11(9-20)10-22-13-5-3-4-12(21)8-13/h1-8,11,21H,9-10,20H2. The largest absolute Gasteiger partial charge is 0.508 e. The molecule has 22 heavy (non-hydrogen) atoms. The molecule has 0 bridgehead atoms. The summed E-state index contributed by atoms with van der Waals surface area (Å²) < 4.78 is 44.6. The van der Waals surface area contributed by atoms with Gasteiger partial charge in [0.15, 0.2) is 0 Å². The number of hydrogen-bond donors (Lipinski definition) is 2. The number of nitrogens with two attached hydrogens (primary N) is 1. The number of aromatic hydroxyl groups is 1. The molecule has 1 unspecified atom stereocenters. The van der Waals surface area contributed by atoms with Gasteiger partial charge in [0.05, 0.1) is 12.2 Å². The van der Waals surface area contributed by atoms with E-state index in [2.05, 4.69) is 0 Å². The minimum Gasteiger partial charge on any atom is -0.508 e. The van der Waals surface area contributed by atoms with Crippen molar-refractivity contribution in [3.8, 4) is 11.5 Å². The predicted octanol–water partition coefficient (Wildman–Crippen LogP) is 3.53. The highest BCUT2D eigenvalue weighted by molar-refractivity contribution is 5.34. The number of halogens is 3. The van der Waals surface area contributed by atoms with E-state index in [1.165, 1.54) is 24.3 Å². The SMILES string of the molecule is NCC(COc1cccc(O)c1)c1ccccc1C(F)(F)F. The molecular weight excluding hydrogens is 295 g/mol. The zero-order valence-electron chi connectivity index (χ0n) is 11.7. The lowest BCUT2D eigenvalue weighted by Crippen LogP contribution is -2.23. The third-order valence-electron chi connectivity index (χ3n) is 3.26. The summed E-state index contributed by atoms with van der Waals surface area (Å²) in [7, 11) is 0. The van der Waals surface area contributed by atoms with Crippen LogP contribution >= 0.6 is 0 Å². The Bertz CT molecular complexity index is 629. The first-order valence-corrected chi connectivity index (χ1v) is 6.70. The molecule has 118 valence electrons. The van der Waals surface area contributed by atoms with Gasteiger partial charge in [-0.25, -0.2) is 0 Å². The van der Waals surface area contributed by atoms with E-state index in [9.17, 15) is 18.3 Å². The van der Waals surface area contributed by atoms with Gasteiger partial charge >= 0.3 is 6.18 Å². The molecule has 0 aromatic heterocycles. The molecule has 0 aliphatic heterocycles. The van der Waals surface area contributed by atoms with Crippen molar-refractivity contribution in [2.24, 2.45) is 5.73 Å². The maximum Gasteiger partial charge on any atom is 0.416 e. The van der Waals surface area contributed by atoms with Crippen LogP contribution in [0.15, 0.2) is 48.5 Å². The second-order valence-corrected chi connectivity index (χ2v) is 4.83. The molecule has 0 spiro atoms. The first-order chi connectivity index (χ1) is 10.4. The van der Waals surface area contributed by atoms with Gasteiger partial charge < -0.3 is 15.6 Å². The molecule has 2 aromatic carbocycles. The molecule has 3 nitrogen and oxygen atoms in total. The number of phenolic OH excluding ortho intramolecular Hbond substituents is 1. The lowest BCUT2D eigenvalue weighted by atomic mass is 9.94. The van der Waals surface area contributed by atoms with Crippen molar-refractivity contribution in [3.63, 3.8) is 0 Å². The van der Waals surface area contributed by atoms with Crippen LogP contribution in [-0.2, 0) is 6.18 Å². The summed E-state index contributed by atoms with van der Waals surface area (Å²) in [6.45, 7) is 0.0129. The summed E-state index contributed by atoms with van der Waals surface area (Å²) in [4.78, 5) is 0. The number of phenols is 1. The molecule has 6 heteroatoms. The van der Waals surface area contributed by atoms with Crippen LogP contribution in [0.2, 0.25) is 0 Å². The molecule has 0 aliphatic rings. The number of alkyl halides is 3. The molecule has 0 radical (unpaired) electrons. The summed E-state index contributed by atoms with van der Waals surface area (Å²) >= 11 is 0. The smallest absolute Gasteiger partial charge is 0.416 e. The van der Waals surface area contributed by atoms with Crippen LogP contribution in [0.4, 0.5) is 13.2 Å². The fraction of sp³-hybridized carbons (Fsp3) is 0.250. The highest BCUT2D eigenvalue weighted by Gasteiger charge is 2.34. The maximum absolute atomic E-state index is 13.0. The molecular formula is C16H16F3NO2. The average Bonchev–Trinajstić information content (AvgIpc) is 2.47. The molecule has 2 aromatic rings. The monoisotopic (exact) mass is 311 g/mol. The second-order valence-electron chi connectivity index (χ2n) is 4.83. The highest BCUT2D eigenvalue weighted by Crippen LogP contribution is 2.35. The molecule has 2 rings (SSSR count). The molecule has 0 saturated carbocycles. The summed E-state index contributed by atoms with van der Waals surface area (Å²) in [6.07, 6.45) is -4.44. The van der Waals surface area contributed by atoms with Crippen molar-refractivity contribution < 1.29 is 23.0 Å². The molecule has 0 fully saturated rings. The fourth-order valence-corrected chi connectivity index (χ4v) is 2.17. The van der Waals surface area contributed by atoms with Gasteiger partial charge in [0.25, 0.3) is 0 Å². The van der Waals surface area contributed by atoms with Crippen LogP contribution < -0.4 is 10.5 Å². The van der Waals surface area contributed by atoms with E-state index >= 15 is 0 Å². The van der Waals surface area contributed by atoms with Crippen LogP contribution in [0.5, 0.6) is 11.5 Å². The van der Waals surface area contributed by atoms with E-state index in [0.717, 1.165) is 6.07 Å². The van der Waals surface area contributed by atoms with Crippen molar-refractivity contribution in [1.29, 1.82) is 0 Å². The Balaban J connectivity index is 2.19. The van der Waals surface area contributed by atoms with Crippen LogP contribution in [0.3, 0.4) is 0 Å². The number of ether oxygens (including phenoxy) is 1. The minimum absolute atomic E-state index is 0.00690. The normalized spacial score (nSPS) is 12.9. The molecule has 0 heterocycles. The van der Waals surface area contributed by atoms with E-state index in [4.69, 9.17) is 10.5 Å². The summed E-state index contributed by atoms with van der Waals surface area (Å²) in [5.74, 6) is -0.194. The Labute approximate surface area is 126 Å². The Kier molecular flexibility index (Phi) is 4.92. The highest BCUT2D eigenvalue weighted by atomic mass is 19.4. The first-order valence-electron chi connectivity index (χ1n) is 6.70. The van der Waals surface area contributed by atoms with Crippen LogP contribution in [0.1, 0.15) is 17.0 Å². The van der Waals surface area contributed by atoms with Gasteiger partial charge in [-0.2, -0.15) is 13.2 Å². The van der Waals surface area contributed by atoms with Crippen molar-refractivity contribution in [2.45, 2.75) is 12.1 Å². The number of benzene rings is 2. The zero-order valence-corrected chi connectivity index (χ0v) is 11.7. The number of rotatable bonds is 5. The Hall–Kier alpha value is -2.21. The third kappa shape index (κ3) is 3.92. The Morgan fingerprint density at radius 1 is 1.09 bits per heavy atom. The molecule has 0 saturated heterocycles. The van der Waals surface area contributed by atoms with Gasteiger partial charge in [-0.15, -0.1) is 0 Å². The van der Waals surface area contributed by atoms with Crippen LogP contribution in [0, 0.1) is 0 Å². The van der Waals surface area contributed by atoms with Gasteiger partial charge in [0.2, 0.25) is 0 Å². The maximum atomic E-state index is 13.0. The van der Waals surface area contributed by atoms with E-state index in [1.54, 1.807) is 18.2 Å². The van der Waals surface area contributed by atoms with Gasteiger partial charge in [-0.1, -0.05) is 24.3 Å². The third-order valence-corrected chi connectivity index (χ3v) is 3.26. The fourth-order valence-electron chi connectivity index (χ4n) is 2.17. The van der Waals surface area contributed by atoms with Gasteiger partial charge in [-0.3, -0.25) is 0 Å². The molecule has 0 aliphatic carbocycles. The zero-order chi connectivity index (χ0) is 16.2. The Morgan fingerprint density at radius 2 is 1.82 bits per heavy atom. The average molecular weight is 311 g/mol. The molecule has 3 N–H and O–H groups in total. The van der Waals surface area contributed by atoms with Crippen molar-refractivity contribution >= 4 is 0 Å². The van der Waals surface area contributed by atoms with Gasteiger partial charge in [0.1, 0.15) is 11.5 Å². The lowest BCUT2D eigenvalue weighted by Gasteiger charge is -2.20. The topological polar surface area (TPSA) is 55.5 Å². The van der Waals surface area contributed by atoms with Crippen molar-refractivity contribution in [1.82, 2.24) is 0 Å². The van der Waals surface area contributed by atoms with Gasteiger partial charge in [0, 0.05) is 18.5 Å². The van der Waals surface area contributed by atoms with Crippen molar-refractivity contribution in [3.05, 3.63) is 59.7 Å². The van der Waals surface area contributed by atoms with Crippen molar-refractivity contribution in [2.75, 3.05) is 13.2 Å². The number of hydrogen-bond acceptors (Lipinski definition) is 3. The van der Waals surface area contributed by atoms with E-state index in [1.807, 2.05) is 0 Å². The van der Waals surface area contributed by atoms with Crippen LogP contribution in [-0.4, -0.2) is 18.3 Å². The van der Waals surface area contributed by atoms with Gasteiger partial charge in [-0.05, 0) is 23.8 Å². The second kappa shape index (κ2) is 6.70. The van der Waals surface area contributed by atoms with E-state index < -0.39 is 17.7 Å². The quantitative estimate of drug-likeness (QED) is 0.888. The van der Waals surface area contributed by atoms with E-state index in [0.29, 0.717) is 5.75 Å². The summed E-state index contributed by atoms with van der Waals surface area (Å²) in [6, 6.07) is 11.4. The summed E-state index contributed by atoms with van der Waals surface area (Å²) in [5, 5.41) is 9.35. The first kappa shape index (κ1) is 16.2. The lowest BCUT2D eigenvalue weighted by molar-refractivity contribution is -0.138. The molecule has 1 atom stereocenters. The van der Waals surface area contributed by atoms with E-state index in [-0.39, 0.29) is 24.5 Å². The Morgan fingerprint density at radius 3 is 2.45 bits per heavy atom. The molecule has 0 amide bonds. The summed E-state index contributed by atoms with van der Waals surface area (Å²) in [5.41, 5.74) is 5.02. The predicted molar refractivity (Wildman–Crippen MR) is 76.8 cm³/mol.